The molecule has 2 nitrogen and oxygen atoms in total. The molecule has 0 bridgehead atoms. The Bertz CT molecular complexity index is 504. The molecule has 0 unspecified atom stereocenters. The molecule has 90 valence electrons. The van der Waals surface area contributed by atoms with Crippen molar-refractivity contribution in [2.45, 2.75) is 0 Å². The minimum Gasteiger partial charge on any atom is -0.457 e. The first-order chi connectivity index (χ1) is 7.65. The smallest absolute Gasteiger partial charge is 0.137 e. The lowest BCUT2D eigenvalue weighted by Crippen LogP contribution is -1.87. The van der Waals surface area contributed by atoms with Crippen LogP contribution in [0.3, 0.4) is 0 Å². The van der Waals surface area contributed by atoms with Gasteiger partial charge < -0.3 is 10.5 Å². The molecule has 0 aromatic heterocycles. The van der Waals surface area contributed by atoms with Crippen molar-refractivity contribution in [2.24, 2.45) is 0 Å². The van der Waals surface area contributed by atoms with Crippen molar-refractivity contribution in [1.82, 2.24) is 0 Å². The average molecular weight is 319 g/mol. The molecule has 0 heterocycles. The standard InChI is InChI=1S/C12H9BrFNO.ClH/c13-11-7-10(5-6-12(11)14)16-9-3-1-8(15)2-4-9;/h1-7H,15H2;1H. The SMILES string of the molecule is Cl.Nc1ccc(Oc2ccc(F)c(Br)c2)cc1. The molecule has 0 saturated heterocycles. The number of anilines is 1. The average Bonchev–Trinajstić information content (AvgIpc) is 2.27. The summed E-state index contributed by atoms with van der Waals surface area (Å²) in [7, 11) is 0. The first kappa shape index (κ1) is 13.8. The number of halogens is 3. The van der Waals surface area contributed by atoms with Gasteiger partial charge in [0.2, 0.25) is 0 Å². The van der Waals surface area contributed by atoms with Gasteiger partial charge in [0, 0.05) is 5.69 Å². The Morgan fingerprint density at radius 1 is 1.00 bits per heavy atom. The van der Waals surface area contributed by atoms with E-state index >= 15 is 0 Å². The molecule has 17 heavy (non-hydrogen) atoms. The van der Waals surface area contributed by atoms with E-state index in [0.29, 0.717) is 21.7 Å². The van der Waals surface area contributed by atoms with Gasteiger partial charge in [0.15, 0.2) is 0 Å². The number of nitrogen functional groups attached to an aromatic ring is 1. The fourth-order valence-electron chi connectivity index (χ4n) is 1.21. The van der Waals surface area contributed by atoms with E-state index in [2.05, 4.69) is 15.9 Å². The van der Waals surface area contributed by atoms with Crippen molar-refractivity contribution < 1.29 is 9.13 Å². The second kappa shape index (κ2) is 5.89. The molecule has 2 rings (SSSR count). The monoisotopic (exact) mass is 317 g/mol. The zero-order valence-corrected chi connectivity index (χ0v) is 11.1. The molecule has 5 heteroatoms. The highest BCUT2D eigenvalue weighted by Gasteiger charge is 2.02. The zero-order chi connectivity index (χ0) is 11.5. The predicted octanol–water partition coefficient (Wildman–Crippen LogP) is 4.38. The van der Waals surface area contributed by atoms with Gasteiger partial charge in [0.05, 0.1) is 4.47 Å². The van der Waals surface area contributed by atoms with E-state index < -0.39 is 0 Å². The lowest BCUT2D eigenvalue weighted by atomic mass is 10.3. The Labute approximate surface area is 113 Å². The van der Waals surface area contributed by atoms with E-state index in [9.17, 15) is 4.39 Å². The number of hydrogen-bond donors (Lipinski definition) is 1. The van der Waals surface area contributed by atoms with Gasteiger partial charge in [-0.1, -0.05) is 0 Å². The van der Waals surface area contributed by atoms with Crippen LogP contribution >= 0.6 is 28.3 Å². The number of benzene rings is 2. The molecular weight excluding hydrogens is 308 g/mol. The topological polar surface area (TPSA) is 35.2 Å². The Kier molecular flexibility index (Phi) is 4.78. The molecular formula is C12H10BrClFNO. The lowest BCUT2D eigenvalue weighted by molar-refractivity contribution is 0.480. The van der Waals surface area contributed by atoms with Gasteiger partial charge in [0.1, 0.15) is 17.3 Å². The van der Waals surface area contributed by atoms with Crippen LogP contribution in [-0.2, 0) is 0 Å². The molecule has 2 aromatic carbocycles. The number of nitrogens with two attached hydrogens (primary N) is 1. The maximum atomic E-state index is 13.0. The minimum absolute atomic E-state index is 0. The maximum Gasteiger partial charge on any atom is 0.137 e. The van der Waals surface area contributed by atoms with Crippen LogP contribution in [0.15, 0.2) is 46.9 Å². The normalized spacial score (nSPS) is 9.53. The summed E-state index contributed by atoms with van der Waals surface area (Å²) in [4.78, 5) is 0. The summed E-state index contributed by atoms with van der Waals surface area (Å²) in [6.07, 6.45) is 0. The van der Waals surface area contributed by atoms with Crippen molar-refractivity contribution in [3.8, 4) is 11.5 Å². The van der Waals surface area contributed by atoms with Crippen LogP contribution in [0.25, 0.3) is 0 Å². The van der Waals surface area contributed by atoms with Crippen LogP contribution in [0.2, 0.25) is 0 Å². The second-order valence-electron chi connectivity index (χ2n) is 3.25. The van der Waals surface area contributed by atoms with Gasteiger partial charge in [-0.3, -0.25) is 0 Å². The first-order valence-corrected chi connectivity index (χ1v) is 5.43. The molecule has 0 fully saturated rings. The minimum atomic E-state index is -0.315. The molecule has 0 atom stereocenters. The maximum absolute atomic E-state index is 13.0. The lowest BCUT2D eigenvalue weighted by Gasteiger charge is -2.06. The predicted molar refractivity (Wildman–Crippen MR) is 72.3 cm³/mol. The van der Waals surface area contributed by atoms with E-state index in [1.54, 1.807) is 36.4 Å². The number of hydrogen-bond acceptors (Lipinski definition) is 2. The van der Waals surface area contributed by atoms with Gasteiger partial charge in [-0.25, -0.2) is 4.39 Å². The van der Waals surface area contributed by atoms with Crippen LogP contribution in [0.1, 0.15) is 0 Å². The molecule has 2 aromatic rings. The molecule has 0 amide bonds. The second-order valence-corrected chi connectivity index (χ2v) is 4.10. The van der Waals surface area contributed by atoms with E-state index in [1.807, 2.05) is 0 Å². The summed E-state index contributed by atoms with van der Waals surface area (Å²) < 4.78 is 18.9. The van der Waals surface area contributed by atoms with Crippen molar-refractivity contribution >= 4 is 34.0 Å². The molecule has 0 saturated carbocycles. The summed E-state index contributed by atoms with van der Waals surface area (Å²) in [5.41, 5.74) is 6.23. The number of rotatable bonds is 2. The molecule has 2 N–H and O–H groups in total. The quantitative estimate of drug-likeness (QED) is 0.834. The third-order valence-electron chi connectivity index (χ3n) is 2.01. The van der Waals surface area contributed by atoms with Gasteiger partial charge in [-0.15, -0.1) is 12.4 Å². The van der Waals surface area contributed by atoms with E-state index in [0.717, 1.165) is 0 Å². The highest BCUT2D eigenvalue weighted by Crippen LogP contribution is 2.26. The van der Waals surface area contributed by atoms with Crippen molar-refractivity contribution in [1.29, 1.82) is 0 Å². The van der Waals surface area contributed by atoms with Crippen molar-refractivity contribution in [3.05, 3.63) is 52.8 Å². The fourth-order valence-corrected chi connectivity index (χ4v) is 1.57. The van der Waals surface area contributed by atoms with Gasteiger partial charge in [0.25, 0.3) is 0 Å². The van der Waals surface area contributed by atoms with Gasteiger partial charge in [-0.05, 0) is 58.4 Å². The summed E-state index contributed by atoms with van der Waals surface area (Å²) >= 11 is 3.10. The Morgan fingerprint density at radius 2 is 1.59 bits per heavy atom. The van der Waals surface area contributed by atoms with Crippen molar-refractivity contribution in [3.63, 3.8) is 0 Å². The van der Waals surface area contributed by atoms with Gasteiger partial charge in [-0.2, -0.15) is 0 Å². The zero-order valence-electron chi connectivity index (χ0n) is 8.69. The van der Waals surface area contributed by atoms with E-state index in [1.165, 1.54) is 6.07 Å². The summed E-state index contributed by atoms with van der Waals surface area (Å²) in [5, 5.41) is 0. The molecule has 0 radical (unpaired) electrons. The third-order valence-corrected chi connectivity index (χ3v) is 2.61. The van der Waals surface area contributed by atoms with Crippen LogP contribution in [0, 0.1) is 5.82 Å². The van der Waals surface area contributed by atoms with Gasteiger partial charge >= 0.3 is 0 Å². The third kappa shape index (κ3) is 3.61. The highest BCUT2D eigenvalue weighted by atomic mass is 79.9. The van der Waals surface area contributed by atoms with Crippen LogP contribution < -0.4 is 10.5 Å². The number of ether oxygens (including phenoxy) is 1. The van der Waals surface area contributed by atoms with Crippen LogP contribution in [-0.4, -0.2) is 0 Å². The molecule has 0 spiro atoms. The Balaban J connectivity index is 0.00000144. The molecule has 0 aliphatic heterocycles. The van der Waals surface area contributed by atoms with Crippen molar-refractivity contribution in [2.75, 3.05) is 5.73 Å². The fraction of sp³-hybridized carbons (Fsp3) is 0. The van der Waals surface area contributed by atoms with E-state index in [4.69, 9.17) is 10.5 Å². The molecule has 0 aliphatic rings. The van der Waals surface area contributed by atoms with E-state index in [-0.39, 0.29) is 18.2 Å². The summed E-state index contributed by atoms with van der Waals surface area (Å²) in [5.74, 6) is 0.912. The summed E-state index contributed by atoms with van der Waals surface area (Å²) in [6, 6.07) is 11.5. The first-order valence-electron chi connectivity index (χ1n) is 4.63. The summed E-state index contributed by atoms with van der Waals surface area (Å²) in [6.45, 7) is 0. The van der Waals surface area contributed by atoms with Crippen LogP contribution in [0.5, 0.6) is 11.5 Å². The Morgan fingerprint density at radius 3 is 2.18 bits per heavy atom. The van der Waals surface area contributed by atoms with Crippen LogP contribution in [0.4, 0.5) is 10.1 Å². The molecule has 0 aliphatic carbocycles. The Hall–Kier alpha value is -1.26. The largest absolute Gasteiger partial charge is 0.457 e. The highest BCUT2D eigenvalue weighted by molar-refractivity contribution is 9.10.